The molecule has 0 saturated heterocycles. The van der Waals surface area contributed by atoms with Crippen LogP contribution in [-0.4, -0.2) is 22.4 Å². The van der Waals surface area contributed by atoms with Gasteiger partial charge in [-0.15, -0.1) is 11.8 Å². The smallest absolute Gasteiger partial charge is 0.323 e. The average Bonchev–Trinajstić information content (AvgIpc) is 2.38. The molecule has 0 aliphatic heterocycles. The fourth-order valence-electron chi connectivity index (χ4n) is 1.58. The van der Waals surface area contributed by atoms with Gasteiger partial charge in [-0.05, 0) is 43.2 Å². The maximum absolute atomic E-state index is 11.0. The van der Waals surface area contributed by atoms with Crippen molar-refractivity contribution in [1.82, 2.24) is 0 Å². The van der Waals surface area contributed by atoms with Crippen LogP contribution >= 0.6 is 35.0 Å². The monoisotopic (exact) mass is 321 g/mol. The zero-order chi connectivity index (χ0) is 14.5. The van der Waals surface area contributed by atoms with Crippen LogP contribution in [0.4, 0.5) is 0 Å². The lowest BCUT2D eigenvalue weighted by molar-refractivity contribution is -0.143. The number of hydrogen-bond donors (Lipinski definition) is 2. The van der Waals surface area contributed by atoms with E-state index in [2.05, 4.69) is 0 Å². The van der Waals surface area contributed by atoms with Gasteiger partial charge in [0.1, 0.15) is 5.54 Å². The molecule has 0 aliphatic rings. The summed E-state index contributed by atoms with van der Waals surface area (Å²) >= 11 is 13.4. The summed E-state index contributed by atoms with van der Waals surface area (Å²) < 4.78 is 0. The van der Waals surface area contributed by atoms with Gasteiger partial charge in [0.25, 0.3) is 0 Å². The Balaban J connectivity index is 2.42. The number of thioether (sulfide) groups is 1. The molecule has 0 radical (unpaired) electrons. The van der Waals surface area contributed by atoms with Crippen molar-refractivity contribution < 1.29 is 9.90 Å². The van der Waals surface area contributed by atoms with E-state index in [4.69, 9.17) is 34.0 Å². The van der Waals surface area contributed by atoms with Gasteiger partial charge in [-0.2, -0.15) is 0 Å². The number of nitrogens with two attached hydrogens (primary N) is 1. The first kappa shape index (κ1) is 16.6. The molecule has 3 nitrogen and oxygen atoms in total. The number of hydrogen-bond acceptors (Lipinski definition) is 3. The zero-order valence-electron chi connectivity index (χ0n) is 10.7. The van der Waals surface area contributed by atoms with Gasteiger partial charge in [-0.3, -0.25) is 4.79 Å². The van der Waals surface area contributed by atoms with Crippen LogP contribution in [0, 0.1) is 0 Å². The summed E-state index contributed by atoms with van der Waals surface area (Å²) in [5, 5.41) is 10.1. The van der Waals surface area contributed by atoms with Gasteiger partial charge in [0, 0.05) is 4.90 Å². The highest BCUT2D eigenvalue weighted by molar-refractivity contribution is 7.99. The Labute approximate surface area is 127 Å². The zero-order valence-corrected chi connectivity index (χ0v) is 13.0. The van der Waals surface area contributed by atoms with E-state index < -0.39 is 11.5 Å². The van der Waals surface area contributed by atoms with Crippen molar-refractivity contribution in [2.24, 2.45) is 5.73 Å². The molecular formula is C13H17Cl2NO2S. The molecule has 19 heavy (non-hydrogen) atoms. The predicted octanol–water partition coefficient (Wildman–Crippen LogP) is 4.06. The summed E-state index contributed by atoms with van der Waals surface area (Å²) in [5.74, 6) is -0.140. The molecule has 0 amide bonds. The van der Waals surface area contributed by atoms with Crippen molar-refractivity contribution in [2.75, 3.05) is 5.75 Å². The van der Waals surface area contributed by atoms with Crippen LogP contribution < -0.4 is 5.73 Å². The number of benzene rings is 1. The molecule has 106 valence electrons. The van der Waals surface area contributed by atoms with E-state index in [1.807, 2.05) is 6.07 Å². The Hall–Kier alpha value is -0.420. The number of aliphatic carboxylic acids is 1. The van der Waals surface area contributed by atoms with Gasteiger partial charge in [-0.25, -0.2) is 0 Å². The van der Waals surface area contributed by atoms with Gasteiger partial charge < -0.3 is 10.8 Å². The van der Waals surface area contributed by atoms with Crippen LogP contribution in [0.5, 0.6) is 0 Å². The minimum absolute atomic E-state index is 0.430. The lowest BCUT2D eigenvalue weighted by Crippen LogP contribution is -2.47. The molecule has 0 aromatic heterocycles. The quantitative estimate of drug-likeness (QED) is 0.587. The van der Waals surface area contributed by atoms with Crippen LogP contribution in [0.15, 0.2) is 23.1 Å². The minimum Gasteiger partial charge on any atom is -0.480 e. The molecule has 1 aromatic carbocycles. The second kappa shape index (κ2) is 7.39. The van der Waals surface area contributed by atoms with E-state index in [1.165, 1.54) is 0 Å². The second-order valence-corrected chi connectivity index (χ2v) is 6.33. The van der Waals surface area contributed by atoms with Crippen molar-refractivity contribution in [2.45, 2.75) is 36.6 Å². The summed E-state index contributed by atoms with van der Waals surface area (Å²) in [6.45, 7) is 1.79. The molecule has 0 bridgehead atoms. The Bertz CT molecular complexity index is 456. The van der Waals surface area contributed by atoms with Gasteiger partial charge >= 0.3 is 5.97 Å². The minimum atomic E-state index is -1.11. The van der Waals surface area contributed by atoms with Gasteiger partial charge in [0.15, 0.2) is 0 Å². The number of halogens is 2. The summed E-state index contributed by atoms with van der Waals surface area (Å²) in [6.07, 6.45) is 1.63. The largest absolute Gasteiger partial charge is 0.480 e. The number of carboxylic acid groups (broad SMARTS) is 1. The first-order valence-electron chi connectivity index (χ1n) is 5.99. The first-order chi connectivity index (χ1) is 8.89. The number of carboxylic acids is 1. The van der Waals surface area contributed by atoms with Crippen LogP contribution in [0.3, 0.4) is 0 Å². The summed E-state index contributed by atoms with van der Waals surface area (Å²) in [7, 11) is 0. The molecule has 0 spiro atoms. The van der Waals surface area contributed by atoms with E-state index in [9.17, 15) is 4.79 Å². The van der Waals surface area contributed by atoms with Crippen molar-refractivity contribution in [3.63, 3.8) is 0 Å². The van der Waals surface area contributed by atoms with E-state index in [1.54, 1.807) is 30.8 Å². The van der Waals surface area contributed by atoms with Crippen molar-refractivity contribution >= 4 is 40.9 Å². The molecule has 1 rings (SSSR count). The summed E-state index contributed by atoms with van der Waals surface area (Å²) in [4.78, 5) is 12.1. The lowest BCUT2D eigenvalue weighted by Gasteiger charge is -2.22. The number of carbonyl (C=O) groups is 1. The van der Waals surface area contributed by atoms with E-state index in [-0.39, 0.29) is 0 Å². The maximum atomic E-state index is 11.0. The highest BCUT2D eigenvalue weighted by atomic mass is 35.5. The SMILES string of the molecule is CCC(N)(CCCSc1ccc(Cl)c(Cl)c1)C(=O)O. The Morgan fingerprint density at radius 1 is 1.42 bits per heavy atom. The third-order valence-electron chi connectivity index (χ3n) is 2.98. The number of rotatable bonds is 7. The van der Waals surface area contributed by atoms with Crippen LogP contribution in [-0.2, 0) is 4.79 Å². The topological polar surface area (TPSA) is 63.3 Å². The van der Waals surface area contributed by atoms with Gasteiger partial charge in [-0.1, -0.05) is 30.1 Å². The third-order valence-corrected chi connectivity index (χ3v) is 4.80. The Morgan fingerprint density at radius 3 is 2.63 bits per heavy atom. The third kappa shape index (κ3) is 4.88. The Kier molecular flexibility index (Phi) is 6.47. The van der Waals surface area contributed by atoms with Crippen LogP contribution in [0.2, 0.25) is 10.0 Å². The van der Waals surface area contributed by atoms with Gasteiger partial charge in [0.05, 0.1) is 10.0 Å². The van der Waals surface area contributed by atoms with Crippen molar-refractivity contribution in [3.05, 3.63) is 28.2 Å². The van der Waals surface area contributed by atoms with E-state index in [0.29, 0.717) is 22.9 Å². The predicted molar refractivity (Wildman–Crippen MR) is 81.3 cm³/mol. The standard InChI is InChI=1S/C13H17Cl2NO2S/c1-2-13(16,12(17)18)6-3-7-19-9-4-5-10(14)11(15)8-9/h4-5,8H,2-3,6-7,16H2,1H3,(H,17,18). The molecule has 0 fully saturated rings. The average molecular weight is 322 g/mol. The van der Waals surface area contributed by atoms with Crippen molar-refractivity contribution in [1.29, 1.82) is 0 Å². The lowest BCUT2D eigenvalue weighted by atomic mass is 9.92. The van der Waals surface area contributed by atoms with E-state index in [0.717, 1.165) is 17.1 Å². The second-order valence-electron chi connectivity index (χ2n) is 4.34. The molecule has 6 heteroatoms. The van der Waals surface area contributed by atoms with Crippen molar-refractivity contribution in [3.8, 4) is 0 Å². The molecule has 1 unspecified atom stereocenters. The van der Waals surface area contributed by atoms with Gasteiger partial charge in [0.2, 0.25) is 0 Å². The summed E-state index contributed by atoms with van der Waals surface area (Å²) in [5.41, 5.74) is 4.70. The molecule has 1 atom stereocenters. The normalized spacial score (nSPS) is 14.1. The molecule has 0 saturated carbocycles. The fraction of sp³-hybridized carbons (Fsp3) is 0.462. The first-order valence-corrected chi connectivity index (χ1v) is 7.73. The highest BCUT2D eigenvalue weighted by Crippen LogP contribution is 2.29. The molecule has 0 aliphatic carbocycles. The fourth-order valence-corrected chi connectivity index (χ4v) is 2.83. The molecule has 1 aromatic rings. The Morgan fingerprint density at radius 2 is 2.11 bits per heavy atom. The molecule has 0 heterocycles. The maximum Gasteiger partial charge on any atom is 0.323 e. The van der Waals surface area contributed by atoms with Crippen LogP contribution in [0.25, 0.3) is 0 Å². The summed E-state index contributed by atoms with van der Waals surface area (Å²) in [6, 6.07) is 5.45. The molecular weight excluding hydrogens is 305 g/mol. The highest BCUT2D eigenvalue weighted by Gasteiger charge is 2.30. The van der Waals surface area contributed by atoms with Crippen LogP contribution in [0.1, 0.15) is 26.2 Å². The molecule has 3 N–H and O–H groups in total. The van der Waals surface area contributed by atoms with E-state index >= 15 is 0 Å².